The summed E-state index contributed by atoms with van der Waals surface area (Å²) in [5, 5.41) is 0. The zero-order valence-electron chi connectivity index (χ0n) is 10.5. The minimum Gasteiger partial charge on any atom is -0.309 e. The van der Waals surface area contributed by atoms with E-state index in [1.807, 2.05) is 4.90 Å². The molecule has 0 radical (unpaired) electrons. The highest BCUT2D eigenvalue weighted by Gasteiger charge is 2.28. The van der Waals surface area contributed by atoms with Crippen molar-refractivity contribution in [2.45, 2.75) is 44.5 Å². The zero-order chi connectivity index (χ0) is 12.6. The van der Waals surface area contributed by atoms with Crippen molar-refractivity contribution >= 4 is 27.5 Å². The van der Waals surface area contributed by atoms with Crippen molar-refractivity contribution in [1.29, 1.82) is 0 Å². The standard InChI is InChI=1S/C14H18BrNO/c1-9(15)6-12-4-5-14-13(8-12)7-10(2)16(14)11(3)17/h4-5,8-10H,6-7H2,1-3H3. The number of amides is 1. The molecule has 0 spiro atoms. The molecule has 0 saturated heterocycles. The Labute approximate surface area is 111 Å². The molecule has 0 saturated carbocycles. The summed E-state index contributed by atoms with van der Waals surface area (Å²) in [4.78, 5) is 14.0. The van der Waals surface area contributed by atoms with Crippen LogP contribution in [0.4, 0.5) is 5.69 Å². The Hall–Kier alpha value is -0.830. The van der Waals surface area contributed by atoms with E-state index in [2.05, 4.69) is 48.0 Å². The lowest BCUT2D eigenvalue weighted by atomic mass is 10.0. The Morgan fingerprint density at radius 3 is 2.88 bits per heavy atom. The lowest BCUT2D eigenvalue weighted by molar-refractivity contribution is -0.116. The van der Waals surface area contributed by atoms with Crippen LogP contribution < -0.4 is 4.90 Å². The minimum atomic E-state index is 0.137. The van der Waals surface area contributed by atoms with E-state index in [0.29, 0.717) is 10.9 Å². The fraction of sp³-hybridized carbons (Fsp3) is 0.500. The summed E-state index contributed by atoms with van der Waals surface area (Å²) in [6.07, 6.45) is 2.00. The number of anilines is 1. The van der Waals surface area contributed by atoms with E-state index in [1.165, 1.54) is 11.1 Å². The first-order valence-electron chi connectivity index (χ1n) is 6.04. The first-order valence-corrected chi connectivity index (χ1v) is 6.96. The van der Waals surface area contributed by atoms with Crippen LogP contribution in [0, 0.1) is 0 Å². The second-order valence-electron chi connectivity index (χ2n) is 4.89. The van der Waals surface area contributed by atoms with Crippen LogP contribution in [0.5, 0.6) is 0 Å². The maximum absolute atomic E-state index is 11.6. The van der Waals surface area contributed by atoms with E-state index < -0.39 is 0 Å². The summed E-state index contributed by atoms with van der Waals surface area (Å²) in [6.45, 7) is 5.89. The third-order valence-corrected chi connectivity index (χ3v) is 3.54. The van der Waals surface area contributed by atoms with Gasteiger partial charge in [0.2, 0.25) is 5.91 Å². The van der Waals surface area contributed by atoms with Gasteiger partial charge in [0.25, 0.3) is 0 Å². The molecule has 0 aromatic heterocycles. The Bertz CT molecular complexity index is 442. The van der Waals surface area contributed by atoms with E-state index in [0.717, 1.165) is 18.5 Å². The topological polar surface area (TPSA) is 20.3 Å². The van der Waals surface area contributed by atoms with Gasteiger partial charge in [0, 0.05) is 23.5 Å². The van der Waals surface area contributed by atoms with Crippen molar-refractivity contribution < 1.29 is 4.79 Å². The number of carbonyl (C=O) groups excluding carboxylic acids is 1. The lowest BCUT2D eigenvalue weighted by Crippen LogP contribution is -2.33. The minimum absolute atomic E-state index is 0.137. The average Bonchev–Trinajstić information content (AvgIpc) is 2.51. The van der Waals surface area contributed by atoms with Gasteiger partial charge in [0.15, 0.2) is 0 Å². The van der Waals surface area contributed by atoms with Crippen molar-refractivity contribution in [2.24, 2.45) is 0 Å². The summed E-state index contributed by atoms with van der Waals surface area (Å²) < 4.78 is 0. The van der Waals surface area contributed by atoms with Crippen LogP contribution in [0.2, 0.25) is 0 Å². The van der Waals surface area contributed by atoms with Crippen LogP contribution in [-0.2, 0) is 17.6 Å². The molecule has 0 N–H and O–H groups in total. The molecule has 1 heterocycles. The largest absolute Gasteiger partial charge is 0.309 e. The second-order valence-corrected chi connectivity index (χ2v) is 6.45. The number of fused-ring (bicyclic) bond motifs is 1. The van der Waals surface area contributed by atoms with E-state index in [9.17, 15) is 4.79 Å². The second kappa shape index (κ2) is 4.81. The molecule has 92 valence electrons. The number of rotatable bonds is 2. The molecule has 17 heavy (non-hydrogen) atoms. The summed E-state index contributed by atoms with van der Waals surface area (Å²) in [7, 11) is 0. The van der Waals surface area contributed by atoms with Gasteiger partial charge >= 0.3 is 0 Å². The number of nitrogens with zero attached hydrogens (tertiary/aromatic N) is 1. The molecule has 0 aliphatic carbocycles. The molecule has 2 unspecified atom stereocenters. The number of benzene rings is 1. The molecule has 1 aliphatic heterocycles. The van der Waals surface area contributed by atoms with Gasteiger partial charge in [-0.15, -0.1) is 0 Å². The highest BCUT2D eigenvalue weighted by Crippen LogP contribution is 2.33. The van der Waals surface area contributed by atoms with Crippen molar-refractivity contribution in [3.05, 3.63) is 29.3 Å². The molecule has 2 rings (SSSR count). The van der Waals surface area contributed by atoms with Gasteiger partial charge in [0.1, 0.15) is 0 Å². The Kier molecular flexibility index (Phi) is 3.57. The van der Waals surface area contributed by atoms with Gasteiger partial charge in [-0.1, -0.05) is 35.0 Å². The maximum Gasteiger partial charge on any atom is 0.224 e. The number of alkyl halides is 1. The molecule has 2 nitrogen and oxygen atoms in total. The summed E-state index contributed by atoms with van der Waals surface area (Å²) in [5.41, 5.74) is 3.74. The van der Waals surface area contributed by atoms with Crippen molar-refractivity contribution in [2.75, 3.05) is 4.90 Å². The van der Waals surface area contributed by atoms with Crippen LogP contribution in [-0.4, -0.2) is 16.8 Å². The lowest BCUT2D eigenvalue weighted by Gasteiger charge is -2.20. The quantitative estimate of drug-likeness (QED) is 0.767. The highest BCUT2D eigenvalue weighted by atomic mass is 79.9. The monoisotopic (exact) mass is 295 g/mol. The van der Waals surface area contributed by atoms with Crippen LogP contribution in [0.25, 0.3) is 0 Å². The number of halogens is 1. The van der Waals surface area contributed by atoms with Crippen molar-refractivity contribution in [3.63, 3.8) is 0 Å². The molecular formula is C14H18BrNO. The molecule has 1 amide bonds. The van der Waals surface area contributed by atoms with E-state index in [-0.39, 0.29) is 5.91 Å². The predicted octanol–water partition coefficient (Wildman–Crippen LogP) is 3.31. The summed E-state index contributed by atoms with van der Waals surface area (Å²) in [5.74, 6) is 0.137. The van der Waals surface area contributed by atoms with Gasteiger partial charge in [-0.25, -0.2) is 0 Å². The van der Waals surface area contributed by atoms with Crippen molar-refractivity contribution in [3.8, 4) is 0 Å². The van der Waals surface area contributed by atoms with Crippen LogP contribution in [0.15, 0.2) is 18.2 Å². The Balaban J connectivity index is 2.31. The zero-order valence-corrected chi connectivity index (χ0v) is 12.1. The van der Waals surface area contributed by atoms with E-state index in [4.69, 9.17) is 0 Å². The molecule has 3 heteroatoms. The average molecular weight is 296 g/mol. The van der Waals surface area contributed by atoms with Crippen LogP contribution in [0.3, 0.4) is 0 Å². The van der Waals surface area contributed by atoms with Gasteiger partial charge < -0.3 is 4.90 Å². The van der Waals surface area contributed by atoms with Gasteiger partial charge in [-0.2, -0.15) is 0 Å². The predicted molar refractivity (Wildman–Crippen MR) is 74.9 cm³/mol. The molecule has 0 fully saturated rings. The maximum atomic E-state index is 11.6. The van der Waals surface area contributed by atoms with Gasteiger partial charge in [-0.05, 0) is 37.0 Å². The third kappa shape index (κ3) is 2.54. The number of carbonyl (C=O) groups is 1. The first kappa shape index (κ1) is 12.6. The fourth-order valence-corrected chi connectivity index (χ4v) is 2.99. The number of hydrogen-bond acceptors (Lipinski definition) is 1. The van der Waals surface area contributed by atoms with Gasteiger partial charge in [0.05, 0.1) is 0 Å². The smallest absolute Gasteiger partial charge is 0.224 e. The molecule has 1 aromatic rings. The highest BCUT2D eigenvalue weighted by molar-refractivity contribution is 9.09. The molecule has 1 aromatic carbocycles. The van der Waals surface area contributed by atoms with Crippen LogP contribution in [0.1, 0.15) is 31.9 Å². The SMILES string of the molecule is CC(=O)N1c2ccc(CC(C)Br)cc2CC1C. The third-order valence-electron chi connectivity index (χ3n) is 3.22. The van der Waals surface area contributed by atoms with Crippen molar-refractivity contribution in [1.82, 2.24) is 0 Å². The van der Waals surface area contributed by atoms with E-state index in [1.54, 1.807) is 6.92 Å². The normalized spacial score (nSPS) is 20.2. The summed E-state index contributed by atoms with van der Waals surface area (Å²) in [6, 6.07) is 6.75. The molecule has 0 bridgehead atoms. The Morgan fingerprint density at radius 1 is 1.59 bits per heavy atom. The first-order chi connectivity index (χ1) is 7.99. The molecule has 1 aliphatic rings. The summed E-state index contributed by atoms with van der Waals surface area (Å²) >= 11 is 3.57. The molecule has 2 atom stereocenters. The van der Waals surface area contributed by atoms with E-state index >= 15 is 0 Å². The van der Waals surface area contributed by atoms with Crippen LogP contribution >= 0.6 is 15.9 Å². The number of hydrogen-bond donors (Lipinski definition) is 0. The Morgan fingerprint density at radius 2 is 2.29 bits per heavy atom. The molecular weight excluding hydrogens is 278 g/mol. The fourth-order valence-electron chi connectivity index (χ4n) is 2.62. The van der Waals surface area contributed by atoms with Gasteiger partial charge in [-0.3, -0.25) is 4.79 Å².